The summed E-state index contributed by atoms with van der Waals surface area (Å²) in [4.78, 5) is 0. The van der Waals surface area contributed by atoms with Gasteiger partial charge in [0.15, 0.2) is 0 Å². The van der Waals surface area contributed by atoms with Crippen molar-refractivity contribution in [2.24, 2.45) is 10.2 Å². The van der Waals surface area contributed by atoms with E-state index in [-0.39, 0.29) is 0 Å². The molecule has 3 heteroatoms. The van der Waals surface area contributed by atoms with Gasteiger partial charge in [-0.25, -0.2) is 0 Å². The van der Waals surface area contributed by atoms with E-state index in [9.17, 15) is 0 Å². The molecule has 0 atom stereocenters. The molecule has 0 aliphatic carbocycles. The number of hydrogen-bond acceptors (Lipinski definition) is 3. The van der Waals surface area contributed by atoms with Crippen LogP contribution in [0.1, 0.15) is 88.7 Å². The molecule has 0 amide bonds. The van der Waals surface area contributed by atoms with Gasteiger partial charge in [-0.2, -0.15) is 22.9 Å². The lowest BCUT2D eigenvalue weighted by molar-refractivity contribution is 0.556. The van der Waals surface area contributed by atoms with Crippen LogP contribution in [0.2, 0.25) is 0 Å². The van der Waals surface area contributed by atoms with Crippen molar-refractivity contribution in [1.29, 1.82) is 0 Å². The van der Waals surface area contributed by atoms with Crippen LogP contribution in [0.5, 0.6) is 0 Å². The molecule has 164 valence electrons. The van der Waals surface area contributed by atoms with Crippen molar-refractivity contribution in [3.63, 3.8) is 0 Å². The standard InChI is InChI=1S/C27H40N2S/c1-2-3-4-5-6-7-8-9-10-11-13-24-15-19-26(20-16-24)28-29-27-21-17-25(18-22-27)14-12-23-30/h15-22,30H,2-14,23H2,1H3. The number of nitrogens with zero attached hydrogens (tertiary/aromatic N) is 2. The predicted octanol–water partition coefficient (Wildman–Crippen LogP) is 9.43. The second-order valence-corrected chi connectivity index (χ2v) is 8.74. The Labute approximate surface area is 190 Å². The van der Waals surface area contributed by atoms with Gasteiger partial charge in [-0.05, 0) is 66.8 Å². The minimum Gasteiger partial charge on any atom is -0.179 e. The van der Waals surface area contributed by atoms with Gasteiger partial charge in [0.25, 0.3) is 0 Å². The number of azo groups is 1. The van der Waals surface area contributed by atoms with Crippen LogP contribution in [-0.2, 0) is 12.8 Å². The third-order valence-electron chi connectivity index (χ3n) is 5.60. The van der Waals surface area contributed by atoms with E-state index in [1.807, 2.05) is 12.1 Å². The number of thiol groups is 1. The highest BCUT2D eigenvalue weighted by Gasteiger charge is 1.97. The lowest BCUT2D eigenvalue weighted by Crippen LogP contribution is -1.86. The Morgan fingerprint density at radius 3 is 1.37 bits per heavy atom. The van der Waals surface area contributed by atoms with Gasteiger partial charge in [-0.3, -0.25) is 0 Å². The van der Waals surface area contributed by atoms with Crippen molar-refractivity contribution in [3.05, 3.63) is 59.7 Å². The quantitative estimate of drug-likeness (QED) is 0.158. The van der Waals surface area contributed by atoms with Crippen molar-refractivity contribution in [3.8, 4) is 0 Å². The smallest absolute Gasteiger partial charge is 0.0857 e. The lowest BCUT2D eigenvalue weighted by atomic mass is 10.0. The fourth-order valence-electron chi connectivity index (χ4n) is 3.67. The number of benzene rings is 2. The van der Waals surface area contributed by atoms with Crippen LogP contribution in [0.3, 0.4) is 0 Å². The van der Waals surface area contributed by atoms with Gasteiger partial charge in [0.2, 0.25) is 0 Å². The number of rotatable bonds is 16. The number of aryl methyl sites for hydroxylation is 2. The maximum Gasteiger partial charge on any atom is 0.0857 e. The maximum atomic E-state index is 4.38. The first kappa shape index (κ1) is 24.7. The Morgan fingerprint density at radius 2 is 0.933 bits per heavy atom. The molecule has 2 aromatic carbocycles. The molecule has 0 saturated carbocycles. The van der Waals surface area contributed by atoms with Crippen LogP contribution in [-0.4, -0.2) is 5.75 Å². The minimum atomic E-state index is 0.902. The molecular weight excluding hydrogens is 384 g/mol. The predicted molar refractivity (Wildman–Crippen MR) is 135 cm³/mol. The molecule has 0 aromatic heterocycles. The van der Waals surface area contributed by atoms with E-state index in [0.717, 1.165) is 30.0 Å². The first-order chi connectivity index (χ1) is 14.8. The molecule has 0 bridgehead atoms. The molecule has 0 heterocycles. The first-order valence-electron chi connectivity index (χ1n) is 12.0. The van der Waals surface area contributed by atoms with E-state index in [2.05, 4.69) is 66.2 Å². The molecule has 0 fully saturated rings. The second kappa shape index (κ2) is 16.1. The summed E-state index contributed by atoms with van der Waals surface area (Å²) in [6.07, 6.45) is 17.2. The Bertz CT molecular complexity index is 692. The Morgan fingerprint density at radius 1 is 0.533 bits per heavy atom. The van der Waals surface area contributed by atoms with E-state index in [1.165, 1.54) is 81.8 Å². The molecule has 0 saturated heterocycles. The molecule has 0 aliphatic rings. The topological polar surface area (TPSA) is 24.7 Å². The molecule has 2 aromatic rings. The van der Waals surface area contributed by atoms with Gasteiger partial charge in [0.05, 0.1) is 11.4 Å². The van der Waals surface area contributed by atoms with E-state index in [4.69, 9.17) is 0 Å². The van der Waals surface area contributed by atoms with Crippen molar-refractivity contribution >= 4 is 24.0 Å². The van der Waals surface area contributed by atoms with Crippen LogP contribution in [0.4, 0.5) is 11.4 Å². The molecular formula is C27H40N2S. The van der Waals surface area contributed by atoms with Gasteiger partial charge in [-0.1, -0.05) is 89.0 Å². The third kappa shape index (κ3) is 11.0. The summed E-state index contributed by atoms with van der Waals surface area (Å²) in [5.74, 6) is 0.927. The Kier molecular flexibility index (Phi) is 13.3. The highest BCUT2D eigenvalue weighted by atomic mass is 32.1. The summed E-state index contributed by atoms with van der Waals surface area (Å²) in [5, 5.41) is 8.74. The summed E-state index contributed by atoms with van der Waals surface area (Å²) in [6, 6.07) is 16.9. The van der Waals surface area contributed by atoms with Crippen LogP contribution in [0.25, 0.3) is 0 Å². The molecule has 0 unspecified atom stereocenters. The van der Waals surface area contributed by atoms with Crippen LogP contribution in [0.15, 0.2) is 58.8 Å². The molecule has 0 aliphatic heterocycles. The average molecular weight is 425 g/mol. The summed E-state index contributed by atoms with van der Waals surface area (Å²) >= 11 is 4.27. The van der Waals surface area contributed by atoms with E-state index in [1.54, 1.807) is 0 Å². The van der Waals surface area contributed by atoms with Crippen LogP contribution < -0.4 is 0 Å². The highest BCUT2D eigenvalue weighted by Crippen LogP contribution is 2.20. The van der Waals surface area contributed by atoms with Crippen molar-refractivity contribution in [1.82, 2.24) is 0 Å². The summed E-state index contributed by atoms with van der Waals surface area (Å²) in [6.45, 7) is 2.28. The third-order valence-corrected chi connectivity index (χ3v) is 5.91. The van der Waals surface area contributed by atoms with Gasteiger partial charge in [-0.15, -0.1) is 0 Å². The Balaban J connectivity index is 1.61. The molecule has 0 N–H and O–H groups in total. The van der Waals surface area contributed by atoms with Gasteiger partial charge in [0.1, 0.15) is 0 Å². The van der Waals surface area contributed by atoms with Crippen molar-refractivity contribution < 1.29 is 0 Å². The maximum absolute atomic E-state index is 4.38. The van der Waals surface area contributed by atoms with Crippen LogP contribution >= 0.6 is 12.6 Å². The van der Waals surface area contributed by atoms with E-state index < -0.39 is 0 Å². The summed E-state index contributed by atoms with van der Waals surface area (Å²) < 4.78 is 0. The van der Waals surface area contributed by atoms with Crippen molar-refractivity contribution in [2.45, 2.75) is 90.4 Å². The molecule has 0 spiro atoms. The van der Waals surface area contributed by atoms with E-state index in [0.29, 0.717) is 0 Å². The van der Waals surface area contributed by atoms with Gasteiger partial charge >= 0.3 is 0 Å². The zero-order valence-electron chi connectivity index (χ0n) is 18.9. The number of hydrogen-bond donors (Lipinski definition) is 1. The fourth-order valence-corrected chi connectivity index (χ4v) is 3.83. The van der Waals surface area contributed by atoms with E-state index >= 15 is 0 Å². The fraction of sp³-hybridized carbons (Fsp3) is 0.556. The van der Waals surface area contributed by atoms with Gasteiger partial charge < -0.3 is 0 Å². The van der Waals surface area contributed by atoms with Crippen LogP contribution in [0, 0.1) is 0 Å². The van der Waals surface area contributed by atoms with Gasteiger partial charge in [0, 0.05) is 0 Å². The zero-order valence-corrected chi connectivity index (χ0v) is 19.8. The monoisotopic (exact) mass is 424 g/mol. The molecule has 0 radical (unpaired) electrons. The second-order valence-electron chi connectivity index (χ2n) is 8.29. The zero-order chi connectivity index (χ0) is 21.3. The molecule has 30 heavy (non-hydrogen) atoms. The minimum absolute atomic E-state index is 0.902. The highest BCUT2D eigenvalue weighted by molar-refractivity contribution is 7.80. The first-order valence-corrected chi connectivity index (χ1v) is 12.7. The summed E-state index contributed by atoms with van der Waals surface area (Å²) in [7, 11) is 0. The Hall–Kier alpha value is -1.61. The average Bonchev–Trinajstić information content (AvgIpc) is 2.79. The van der Waals surface area contributed by atoms with Crippen molar-refractivity contribution in [2.75, 3.05) is 5.75 Å². The SMILES string of the molecule is CCCCCCCCCCCCc1ccc(N=Nc2ccc(CCCS)cc2)cc1. The molecule has 2 rings (SSSR count). The number of unbranched alkanes of at least 4 members (excludes halogenated alkanes) is 9. The largest absolute Gasteiger partial charge is 0.179 e. The lowest BCUT2D eigenvalue weighted by Gasteiger charge is -2.03. The molecule has 2 nitrogen and oxygen atoms in total. The summed E-state index contributed by atoms with van der Waals surface area (Å²) in [5.41, 5.74) is 4.56. The normalized spacial score (nSPS) is 11.4.